The van der Waals surface area contributed by atoms with Crippen LogP contribution in [0.3, 0.4) is 0 Å². The molecule has 0 atom stereocenters. The molecule has 2 N–H and O–H groups in total. The fourth-order valence-corrected chi connectivity index (χ4v) is 3.01. The van der Waals surface area contributed by atoms with E-state index in [4.69, 9.17) is 15.5 Å². The van der Waals surface area contributed by atoms with Gasteiger partial charge in [0.25, 0.3) is 0 Å². The smallest absolute Gasteiger partial charge is 0.147 e. The fourth-order valence-electron chi connectivity index (χ4n) is 3.01. The van der Waals surface area contributed by atoms with Crippen LogP contribution >= 0.6 is 0 Å². The van der Waals surface area contributed by atoms with Gasteiger partial charge in [-0.05, 0) is 42.1 Å². The molecule has 0 spiro atoms. The highest BCUT2D eigenvalue weighted by atomic mass is 16.5. The van der Waals surface area contributed by atoms with Crippen molar-refractivity contribution in [2.24, 2.45) is 0 Å². The maximum atomic E-state index is 6.37. The van der Waals surface area contributed by atoms with E-state index in [0.717, 1.165) is 39.0 Å². The van der Waals surface area contributed by atoms with Crippen LogP contribution in [0.1, 0.15) is 5.56 Å². The number of imidazole rings is 1. The van der Waals surface area contributed by atoms with Gasteiger partial charge < -0.3 is 10.5 Å². The molecule has 4 aromatic rings. The molecule has 0 aliphatic carbocycles. The number of nitrogens with zero attached hydrogens (tertiary/aromatic N) is 2. The van der Waals surface area contributed by atoms with E-state index in [-0.39, 0.29) is 0 Å². The van der Waals surface area contributed by atoms with Gasteiger partial charge in [0, 0.05) is 17.1 Å². The Kier molecular flexibility index (Phi) is 2.98. The van der Waals surface area contributed by atoms with Gasteiger partial charge in [-0.25, -0.2) is 4.98 Å². The molecular weight excluding hydrogens is 286 g/mol. The Morgan fingerprint density at radius 3 is 2.70 bits per heavy atom. The summed E-state index contributed by atoms with van der Waals surface area (Å²) in [6, 6.07) is 16.2. The minimum Gasteiger partial charge on any atom is -0.497 e. The van der Waals surface area contributed by atoms with E-state index in [0.29, 0.717) is 5.82 Å². The predicted octanol–water partition coefficient (Wildman–Crippen LogP) is 4.05. The molecule has 0 aliphatic rings. The lowest BCUT2D eigenvalue weighted by atomic mass is 10.1. The third kappa shape index (κ3) is 2.03. The maximum Gasteiger partial charge on any atom is 0.147 e. The summed E-state index contributed by atoms with van der Waals surface area (Å²) in [6.07, 6.45) is 1.97. The first kappa shape index (κ1) is 13.6. The van der Waals surface area contributed by atoms with Crippen molar-refractivity contribution in [3.8, 4) is 17.0 Å². The van der Waals surface area contributed by atoms with Crippen molar-refractivity contribution in [2.45, 2.75) is 6.92 Å². The molecule has 4 heteroatoms. The predicted molar refractivity (Wildman–Crippen MR) is 93.8 cm³/mol. The molecule has 0 saturated heterocycles. The van der Waals surface area contributed by atoms with Crippen molar-refractivity contribution in [2.75, 3.05) is 12.8 Å². The quantitative estimate of drug-likeness (QED) is 0.607. The number of aryl methyl sites for hydroxylation is 1. The van der Waals surface area contributed by atoms with Crippen molar-refractivity contribution in [3.63, 3.8) is 0 Å². The number of aromatic nitrogens is 2. The molecule has 0 unspecified atom stereocenters. The third-order valence-corrected chi connectivity index (χ3v) is 4.24. The standard InChI is InChI=1S/C19H17N3O/c1-12-11-14(23-2)7-8-15(12)17-18(20)22-10-9-13-5-3-4-6-16(13)19(22)21-17/h3-11H,20H2,1-2H3. The Bertz CT molecular complexity index is 1030. The second kappa shape index (κ2) is 5.02. The number of nitrogens with two attached hydrogens (primary N) is 1. The molecule has 4 rings (SSSR count). The van der Waals surface area contributed by atoms with Gasteiger partial charge in [0.15, 0.2) is 0 Å². The van der Waals surface area contributed by atoms with Gasteiger partial charge in [0.2, 0.25) is 0 Å². The Balaban J connectivity index is 2.01. The molecule has 0 aliphatic heterocycles. The van der Waals surface area contributed by atoms with E-state index in [1.807, 2.05) is 47.9 Å². The summed E-state index contributed by atoms with van der Waals surface area (Å²) < 4.78 is 7.22. The molecule has 0 bridgehead atoms. The second-order valence-electron chi connectivity index (χ2n) is 5.62. The van der Waals surface area contributed by atoms with Crippen LogP contribution in [0.2, 0.25) is 0 Å². The molecule has 23 heavy (non-hydrogen) atoms. The Labute approximate surface area is 134 Å². The topological polar surface area (TPSA) is 52.5 Å². The van der Waals surface area contributed by atoms with Crippen molar-refractivity contribution >= 4 is 22.2 Å². The van der Waals surface area contributed by atoms with Gasteiger partial charge in [-0.3, -0.25) is 4.40 Å². The third-order valence-electron chi connectivity index (χ3n) is 4.24. The summed E-state index contributed by atoms with van der Waals surface area (Å²) in [6.45, 7) is 2.04. The zero-order chi connectivity index (χ0) is 16.0. The Morgan fingerprint density at radius 2 is 1.91 bits per heavy atom. The van der Waals surface area contributed by atoms with Crippen LogP contribution in [-0.2, 0) is 0 Å². The van der Waals surface area contributed by atoms with E-state index in [1.165, 1.54) is 0 Å². The summed E-state index contributed by atoms with van der Waals surface area (Å²) in [7, 11) is 1.67. The molecular formula is C19H17N3O. The van der Waals surface area contributed by atoms with Crippen molar-refractivity contribution in [1.82, 2.24) is 9.38 Å². The maximum absolute atomic E-state index is 6.37. The number of hydrogen-bond donors (Lipinski definition) is 1. The average Bonchev–Trinajstić information content (AvgIpc) is 2.92. The zero-order valence-corrected chi connectivity index (χ0v) is 13.1. The molecule has 0 radical (unpaired) electrons. The van der Waals surface area contributed by atoms with Gasteiger partial charge >= 0.3 is 0 Å². The largest absolute Gasteiger partial charge is 0.497 e. The minimum absolute atomic E-state index is 0.652. The minimum atomic E-state index is 0.652. The van der Waals surface area contributed by atoms with Gasteiger partial charge in [-0.1, -0.05) is 24.3 Å². The van der Waals surface area contributed by atoms with Crippen molar-refractivity contribution < 1.29 is 4.74 Å². The average molecular weight is 303 g/mol. The van der Waals surface area contributed by atoms with E-state index >= 15 is 0 Å². The number of benzene rings is 2. The van der Waals surface area contributed by atoms with Crippen LogP contribution < -0.4 is 10.5 Å². The van der Waals surface area contributed by atoms with Crippen molar-refractivity contribution in [1.29, 1.82) is 0 Å². The van der Waals surface area contributed by atoms with Crippen LogP contribution in [0, 0.1) is 6.92 Å². The number of nitrogen functional groups attached to an aromatic ring is 1. The first-order valence-corrected chi connectivity index (χ1v) is 7.49. The highest BCUT2D eigenvalue weighted by molar-refractivity contribution is 5.96. The first-order valence-electron chi connectivity index (χ1n) is 7.49. The molecule has 2 aromatic heterocycles. The lowest BCUT2D eigenvalue weighted by molar-refractivity contribution is 0.414. The number of rotatable bonds is 2. The number of ether oxygens (including phenoxy) is 1. The summed E-state index contributed by atoms with van der Waals surface area (Å²) in [5, 5.41) is 2.25. The monoisotopic (exact) mass is 303 g/mol. The lowest BCUT2D eigenvalue weighted by Gasteiger charge is -2.06. The van der Waals surface area contributed by atoms with E-state index < -0.39 is 0 Å². The SMILES string of the molecule is COc1ccc(-c2nc3c4ccccc4ccn3c2N)c(C)c1. The number of methoxy groups -OCH3 is 1. The molecule has 114 valence electrons. The van der Waals surface area contributed by atoms with Crippen molar-refractivity contribution in [3.05, 3.63) is 60.3 Å². The normalized spacial score (nSPS) is 11.2. The van der Waals surface area contributed by atoms with Crippen LogP contribution in [0.15, 0.2) is 54.7 Å². The zero-order valence-electron chi connectivity index (χ0n) is 13.1. The molecule has 4 nitrogen and oxygen atoms in total. The summed E-state index contributed by atoms with van der Waals surface area (Å²) in [5.74, 6) is 1.48. The highest BCUT2D eigenvalue weighted by Gasteiger charge is 2.15. The molecule has 2 heterocycles. The fraction of sp³-hybridized carbons (Fsp3) is 0.105. The summed E-state index contributed by atoms with van der Waals surface area (Å²) in [4.78, 5) is 4.82. The van der Waals surface area contributed by atoms with Crippen LogP contribution in [0.4, 0.5) is 5.82 Å². The molecule has 0 fully saturated rings. The van der Waals surface area contributed by atoms with Crippen LogP contribution in [0.5, 0.6) is 5.75 Å². The number of anilines is 1. The Morgan fingerprint density at radius 1 is 1.09 bits per heavy atom. The van der Waals surface area contributed by atoms with Gasteiger partial charge in [0.05, 0.1) is 7.11 Å². The first-order chi connectivity index (χ1) is 11.2. The van der Waals surface area contributed by atoms with E-state index in [1.54, 1.807) is 7.11 Å². The van der Waals surface area contributed by atoms with Crippen LogP contribution in [0.25, 0.3) is 27.7 Å². The number of pyridine rings is 1. The van der Waals surface area contributed by atoms with Gasteiger partial charge in [0.1, 0.15) is 22.9 Å². The highest BCUT2D eigenvalue weighted by Crippen LogP contribution is 2.33. The summed E-state index contributed by atoms with van der Waals surface area (Å²) >= 11 is 0. The molecule has 0 amide bonds. The lowest BCUT2D eigenvalue weighted by Crippen LogP contribution is -1.95. The molecule has 2 aromatic carbocycles. The van der Waals surface area contributed by atoms with E-state index in [9.17, 15) is 0 Å². The summed E-state index contributed by atoms with van der Waals surface area (Å²) in [5.41, 5.74) is 10.2. The second-order valence-corrected chi connectivity index (χ2v) is 5.62. The van der Waals surface area contributed by atoms with Crippen LogP contribution in [-0.4, -0.2) is 16.5 Å². The van der Waals surface area contributed by atoms with Gasteiger partial charge in [-0.2, -0.15) is 0 Å². The molecule has 0 saturated carbocycles. The van der Waals surface area contributed by atoms with E-state index in [2.05, 4.69) is 18.2 Å². The number of fused-ring (bicyclic) bond motifs is 3. The van der Waals surface area contributed by atoms with Gasteiger partial charge in [-0.15, -0.1) is 0 Å². The number of hydrogen-bond acceptors (Lipinski definition) is 3. The Hall–Kier alpha value is -3.01.